The Balaban J connectivity index is 2.24. The van der Waals surface area contributed by atoms with Gasteiger partial charge < -0.3 is 15.5 Å². The van der Waals surface area contributed by atoms with E-state index >= 15 is 0 Å². The van der Waals surface area contributed by atoms with Gasteiger partial charge in [-0.25, -0.2) is 4.98 Å². The maximum Gasteiger partial charge on any atom is 0.170 e. The SMILES string of the molecule is CCCCn1c(-c2ccccc2C(N)=NO)nc2ccccc21. The Kier molecular flexibility index (Phi) is 4.28. The predicted molar refractivity (Wildman–Crippen MR) is 92.6 cm³/mol. The summed E-state index contributed by atoms with van der Waals surface area (Å²) in [5.74, 6) is 0.941. The van der Waals surface area contributed by atoms with Crippen molar-refractivity contribution in [1.29, 1.82) is 0 Å². The van der Waals surface area contributed by atoms with E-state index in [1.54, 1.807) is 0 Å². The van der Waals surface area contributed by atoms with Crippen LogP contribution in [0, 0.1) is 0 Å². The molecule has 0 spiro atoms. The van der Waals surface area contributed by atoms with Gasteiger partial charge in [-0.15, -0.1) is 0 Å². The number of rotatable bonds is 5. The van der Waals surface area contributed by atoms with Gasteiger partial charge in [-0.2, -0.15) is 0 Å². The first-order chi connectivity index (χ1) is 11.3. The van der Waals surface area contributed by atoms with Gasteiger partial charge in [0.05, 0.1) is 11.0 Å². The lowest BCUT2D eigenvalue weighted by Gasteiger charge is -2.11. The van der Waals surface area contributed by atoms with Gasteiger partial charge in [0.1, 0.15) is 5.82 Å². The van der Waals surface area contributed by atoms with Crippen LogP contribution in [0.1, 0.15) is 25.3 Å². The monoisotopic (exact) mass is 308 g/mol. The van der Waals surface area contributed by atoms with Crippen molar-refractivity contribution in [3.05, 3.63) is 54.1 Å². The number of amidine groups is 1. The van der Waals surface area contributed by atoms with Crippen LogP contribution < -0.4 is 5.73 Å². The van der Waals surface area contributed by atoms with Crippen molar-refractivity contribution in [3.63, 3.8) is 0 Å². The molecule has 0 aliphatic carbocycles. The van der Waals surface area contributed by atoms with Crippen molar-refractivity contribution in [2.24, 2.45) is 10.9 Å². The van der Waals surface area contributed by atoms with Gasteiger partial charge in [-0.05, 0) is 18.6 Å². The first kappa shape index (κ1) is 15.1. The van der Waals surface area contributed by atoms with Gasteiger partial charge in [0.2, 0.25) is 0 Å². The molecular weight excluding hydrogens is 288 g/mol. The molecule has 0 fully saturated rings. The van der Waals surface area contributed by atoms with Crippen LogP contribution in [0.2, 0.25) is 0 Å². The Bertz CT molecular complexity index is 851. The molecule has 0 saturated carbocycles. The van der Waals surface area contributed by atoms with Crippen LogP contribution in [0.25, 0.3) is 22.4 Å². The molecule has 0 saturated heterocycles. The van der Waals surface area contributed by atoms with Gasteiger partial charge in [0, 0.05) is 17.7 Å². The number of nitrogens with zero attached hydrogens (tertiary/aromatic N) is 3. The molecule has 3 aromatic rings. The topological polar surface area (TPSA) is 76.4 Å². The number of aromatic nitrogens is 2. The molecule has 5 heteroatoms. The van der Waals surface area contributed by atoms with E-state index in [-0.39, 0.29) is 5.84 Å². The molecule has 0 amide bonds. The minimum absolute atomic E-state index is 0.0923. The maximum absolute atomic E-state index is 9.05. The summed E-state index contributed by atoms with van der Waals surface area (Å²) in [7, 11) is 0. The largest absolute Gasteiger partial charge is 0.409 e. The first-order valence-corrected chi connectivity index (χ1v) is 7.78. The minimum Gasteiger partial charge on any atom is -0.409 e. The second-order valence-corrected chi connectivity index (χ2v) is 5.46. The highest BCUT2D eigenvalue weighted by Crippen LogP contribution is 2.28. The van der Waals surface area contributed by atoms with E-state index in [1.165, 1.54) is 0 Å². The highest BCUT2D eigenvalue weighted by Gasteiger charge is 2.16. The number of unbranched alkanes of at least 4 members (excludes halogenated alkanes) is 1. The first-order valence-electron chi connectivity index (χ1n) is 7.78. The number of hydrogen-bond acceptors (Lipinski definition) is 3. The smallest absolute Gasteiger partial charge is 0.170 e. The predicted octanol–water partition coefficient (Wildman–Crippen LogP) is 3.60. The lowest BCUT2D eigenvalue weighted by molar-refractivity contribution is 0.318. The zero-order valence-corrected chi connectivity index (χ0v) is 13.1. The summed E-state index contributed by atoms with van der Waals surface area (Å²) in [5, 5.41) is 12.2. The molecule has 1 heterocycles. The molecule has 0 aliphatic rings. The summed E-state index contributed by atoms with van der Waals surface area (Å²) in [4.78, 5) is 4.78. The van der Waals surface area contributed by atoms with Gasteiger partial charge in [-0.1, -0.05) is 54.9 Å². The lowest BCUT2D eigenvalue weighted by Crippen LogP contribution is -2.15. The summed E-state index contributed by atoms with van der Waals surface area (Å²) in [6.07, 6.45) is 2.17. The normalized spacial score (nSPS) is 12.0. The second kappa shape index (κ2) is 6.52. The van der Waals surface area contributed by atoms with Crippen molar-refractivity contribution in [2.75, 3.05) is 0 Å². The molecule has 0 radical (unpaired) electrons. The fourth-order valence-corrected chi connectivity index (χ4v) is 2.78. The number of fused-ring (bicyclic) bond motifs is 1. The second-order valence-electron chi connectivity index (χ2n) is 5.46. The summed E-state index contributed by atoms with van der Waals surface area (Å²) in [6, 6.07) is 15.7. The fraction of sp³-hybridized carbons (Fsp3) is 0.222. The summed E-state index contributed by atoms with van der Waals surface area (Å²) >= 11 is 0. The maximum atomic E-state index is 9.05. The summed E-state index contributed by atoms with van der Waals surface area (Å²) in [6.45, 7) is 3.06. The third kappa shape index (κ3) is 2.77. The van der Waals surface area contributed by atoms with Crippen molar-refractivity contribution in [3.8, 4) is 11.4 Å². The third-order valence-electron chi connectivity index (χ3n) is 3.94. The number of hydrogen-bond donors (Lipinski definition) is 2. The highest BCUT2D eigenvalue weighted by molar-refractivity contribution is 6.03. The molecule has 0 bridgehead atoms. The highest BCUT2D eigenvalue weighted by atomic mass is 16.4. The average molecular weight is 308 g/mol. The molecule has 5 nitrogen and oxygen atoms in total. The van der Waals surface area contributed by atoms with E-state index in [0.29, 0.717) is 5.56 Å². The van der Waals surface area contributed by atoms with Crippen molar-refractivity contribution >= 4 is 16.9 Å². The van der Waals surface area contributed by atoms with Crippen LogP contribution in [-0.4, -0.2) is 20.6 Å². The molecule has 2 aromatic carbocycles. The van der Waals surface area contributed by atoms with Gasteiger partial charge in [0.15, 0.2) is 5.84 Å². The van der Waals surface area contributed by atoms with Crippen molar-refractivity contribution < 1.29 is 5.21 Å². The number of benzene rings is 2. The third-order valence-corrected chi connectivity index (χ3v) is 3.94. The molecule has 3 rings (SSSR count). The zero-order valence-electron chi connectivity index (χ0n) is 13.1. The van der Waals surface area contributed by atoms with Gasteiger partial charge >= 0.3 is 0 Å². The Morgan fingerprint density at radius 1 is 1.17 bits per heavy atom. The number of aryl methyl sites for hydroxylation is 1. The van der Waals surface area contributed by atoms with Crippen LogP contribution >= 0.6 is 0 Å². The number of para-hydroxylation sites is 2. The van der Waals surface area contributed by atoms with Crippen LogP contribution in [0.15, 0.2) is 53.7 Å². The quantitative estimate of drug-likeness (QED) is 0.327. The van der Waals surface area contributed by atoms with Crippen LogP contribution in [0.3, 0.4) is 0 Å². The Morgan fingerprint density at radius 3 is 2.70 bits per heavy atom. The minimum atomic E-state index is 0.0923. The Hall–Kier alpha value is -2.82. The lowest BCUT2D eigenvalue weighted by atomic mass is 10.1. The zero-order chi connectivity index (χ0) is 16.2. The van der Waals surface area contributed by atoms with Gasteiger partial charge in [0.25, 0.3) is 0 Å². The average Bonchev–Trinajstić information content (AvgIpc) is 2.97. The van der Waals surface area contributed by atoms with Crippen LogP contribution in [0.4, 0.5) is 0 Å². The molecule has 1 aromatic heterocycles. The van der Waals surface area contributed by atoms with E-state index in [1.807, 2.05) is 42.5 Å². The van der Waals surface area contributed by atoms with Crippen LogP contribution in [-0.2, 0) is 6.54 Å². The molecule has 0 aliphatic heterocycles. The number of imidazole rings is 1. The van der Waals surface area contributed by atoms with E-state index in [2.05, 4.69) is 22.7 Å². The van der Waals surface area contributed by atoms with E-state index in [9.17, 15) is 0 Å². The van der Waals surface area contributed by atoms with E-state index < -0.39 is 0 Å². The number of nitrogens with two attached hydrogens (primary N) is 1. The number of oxime groups is 1. The summed E-state index contributed by atoms with van der Waals surface area (Å²) < 4.78 is 2.21. The van der Waals surface area contributed by atoms with Crippen molar-refractivity contribution in [2.45, 2.75) is 26.3 Å². The molecule has 118 valence electrons. The van der Waals surface area contributed by atoms with E-state index in [0.717, 1.165) is 41.8 Å². The Labute approximate surface area is 135 Å². The standard InChI is InChI=1S/C18H20N4O/c1-2-3-12-22-16-11-7-6-10-15(16)20-18(22)14-9-5-4-8-13(14)17(19)21-23/h4-11,23H,2-3,12H2,1H3,(H2,19,21). The molecule has 3 N–H and O–H groups in total. The van der Waals surface area contributed by atoms with E-state index in [4.69, 9.17) is 15.9 Å². The van der Waals surface area contributed by atoms with Crippen LogP contribution in [0.5, 0.6) is 0 Å². The molecule has 0 unspecified atom stereocenters. The van der Waals surface area contributed by atoms with Gasteiger partial charge in [-0.3, -0.25) is 0 Å². The Morgan fingerprint density at radius 2 is 1.91 bits per heavy atom. The molecule has 23 heavy (non-hydrogen) atoms. The molecule has 0 atom stereocenters. The summed E-state index contributed by atoms with van der Waals surface area (Å²) in [5.41, 5.74) is 9.45. The fourth-order valence-electron chi connectivity index (χ4n) is 2.78. The molecular formula is C18H20N4O. The van der Waals surface area contributed by atoms with Crippen molar-refractivity contribution in [1.82, 2.24) is 9.55 Å².